The van der Waals surface area contributed by atoms with E-state index in [0.717, 1.165) is 38.3 Å². The summed E-state index contributed by atoms with van der Waals surface area (Å²) in [5.74, 6) is 1.12. The number of likely N-dealkylation sites (tertiary alicyclic amines) is 1. The van der Waals surface area contributed by atoms with Gasteiger partial charge in [0.1, 0.15) is 5.82 Å². The summed E-state index contributed by atoms with van der Waals surface area (Å²) in [4.78, 5) is 14.2. The first-order valence-electron chi connectivity index (χ1n) is 8.75. The van der Waals surface area contributed by atoms with Crippen molar-refractivity contribution in [2.75, 3.05) is 25.0 Å². The topological polar surface area (TPSA) is 88.0 Å². The normalized spacial score (nSPS) is 16.4. The Morgan fingerprint density at radius 3 is 2.84 bits per heavy atom. The molecular formula is C17H25N7O. The Hall–Kier alpha value is -2.64. The lowest BCUT2D eigenvalue weighted by molar-refractivity contribution is 0.181. The maximum atomic E-state index is 12.3. The van der Waals surface area contributed by atoms with Crippen LogP contribution in [0.5, 0.6) is 0 Å². The van der Waals surface area contributed by atoms with Gasteiger partial charge < -0.3 is 15.5 Å². The predicted octanol–water partition coefficient (Wildman–Crippen LogP) is 1.60. The molecule has 0 saturated carbocycles. The van der Waals surface area contributed by atoms with Crippen LogP contribution in [0.4, 0.5) is 10.6 Å². The molecule has 0 spiro atoms. The molecule has 0 aromatic carbocycles. The fourth-order valence-corrected chi connectivity index (χ4v) is 2.98. The molecule has 1 aliphatic rings. The molecule has 1 aliphatic heterocycles. The minimum atomic E-state index is 0.0188. The molecule has 134 valence electrons. The van der Waals surface area contributed by atoms with Crippen molar-refractivity contribution >= 4 is 11.8 Å². The van der Waals surface area contributed by atoms with E-state index in [1.807, 2.05) is 34.0 Å². The lowest BCUT2D eigenvalue weighted by Gasteiger charge is -2.32. The number of carbonyl (C=O) groups excluding carboxylic acids is 1. The third kappa shape index (κ3) is 5.17. The van der Waals surface area contributed by atoms with Crippen molar-refractivity contribution in [2.45, 2.75) is 32.4 Å². The smallest absolute Gasteiger partial charge is 0.317 e. The number of nitrogens with one attached hydrogen (secondary N) is 2. The Morgan fingerprint density at radius 1 is 1.32 bits per heavy atom. The molecule has 1 fully saturated rings. The average molecular weight is 343 g/mol. The van der Waals surface area contributed by atoms with Gasteiger partial charge in [-0.05, 0) is 37.0 Å². The third-order valence-corrected chi connectivity index (χ3v) is 4.37. The van der Waals surface area contributed by atoms with Crippen molar-refractivity contribution < 1.29 is 4.79 Å². The lowest BCUT2D eigenvalue weighted by Crippen LogP contribution is -2.47. The van der Waals surface area contributed by atoms with Gasteiger partial charge >= 0.3 is 6.03 Å². The largest absolute Gasteiger partial charge is 0.366 e. The van der Waals surface area contributed by atoms with E-state index in [2.05, 4.69) is 32.9 Å². The van der Waals surface area contributed by atoms with Gasteiger partial charge in [-0.3, -0.25) is 4.68 Å². The van der Waals surface area contributed by atoms with Gasteiger partial charge in [0, 0.05) is 50.8 Å². The zero-order chi connectivity index (χ0) is 17.5. The van der Waals surface area contributed by atoms with E-state index in [4.69, 9.17) is 0 Å². The first-order chi connectivity index (χ1) is 12.2. The van der Waals surface area contributed by atoms with Crippen LogP contribution in [0.1, 0.15) is 19.8 Å². The van der Waals surface area contributed by atoms with Crippen LogP contribution in [0.15, 0.2) is 36.8 Å². The monoisotopic (exact) mass is 343 g/mol. The van der Waals surface area contributed by atoms with E-state index in [-0.39, 0.29) is 6.03 Å². The van der Waals surface area contributed by atoms with Crippen molar-refractivity contribution in [3.8, 4) is 0 Å². The van der Waals surface area contributed by atoms with Gasteiger partial charge in [-0.15, -0.1) is 5.10 Å². The van der Waals surface area contributed by atoms with Crippen LogP contribution in [0.25, 0.3) is 0 Å². The summed E-state index contributed by atoms with van der Waals surface area (Å²) in [6, 6.07) is 6.03. The second-order valence-electron chi connectivity index (χ2n) is 6.53. The summed E-state index contributed by atoms with van der Waals surface area (Å²) in [6.45, 7) is 5.06. The van der Waals surface area contributed by atoms with Crippen LogP contribution in [-0.2, 0) is 6.54 Å². The standard InChI is InChI=1S/C17H25N7O/c1-14(13-24-9-3-8-20-24)12-18-17(25)23-10-5-15(6-11-23)21-16-4-2-7-19-22-16/h2-4,7-9,14-15H,5-6,10-13H2,1H3,(H,18,25)(H,21,22)/t14-/m1/s1. The molecule has 3 heterocycles. The number of amides is 2. The van der Waals surface area contributed by atoms with Crippen molar-refractivity contribution in [3.63, 3.8) is 0 Å². The summed E-state index contributed by atoms with van der Waals surface area (Å²) < 4.78 is 1.89. The summed E-state index contributed by atoms with van der Waals surface area (Å²) >= 11 is 0. The molecule has 0 bridgehead atoms. The van der Waals surface area contributed by atoms with Gasteiger partial charge in [-0.2, -0.15) is 10.2 Å². The minimum Gasteiger partial charge on any atom is -0.366 e. The third-order valence-electron chi connectivity index (χ3n) is 4.37. The summed E-state index contributed by atoms with van der Waals surface area (Å²) in [5.41, 5.74) is 0. The number of aromatic nitrogens is 4. The molecule has 1 atom stereocenters. The van der Waals surface area contributed by atoms with E-state index in [9.17, 15) is 4.79 Å². The number of anilines is 1. The van der Waals surface area contributed by atoms with E-state index in [0.29, 0.717) is 18.5 Å². The van der Waals surface area contributed by atoms with Gasteiger partial charge in [0.25, 0.3) is 0 Å². The van der Waals surface area contributed by atoms with Crippen LogP contribution >= 0.6 is 0 Å². The van der Waals surface area contributed by atoms with Gasteiger partial charge in [-0.1, -0.05) is 6.92 Å². The highest BCUT2D eigenvalue weighted by Crippen LogP contribution is 2.14. The maximum Gasteiger partial charge on any atom is 0.317 e. The predicted molar refractivity (Wildman–Crippen MR) is 95.0 cm³/mol. The molecule has 25 heavy (non-hydrogen) atoms. The summed E-state index contributed by atoms with van der Waals surface area (Å²) in [7, 11) is 0. The number of piperidine rings is 1. The highest BCUT2D eigenvalue weighted by atomic mass is 16.2. The number of nitrogens with zero attached hydrogens (tertiary/aromatic N) is 5. The van der Waals surface area contributed by atoms with E-state index >= 15 is 0 Å². The molecule has 0 aliphatic carbocycles. The van der Waals surface area contributed by atoms with Crippen molar-refractivity contribution in [1.29, 1.82) is 0 Å². The first kappa shape index (κ1) is 17.2. The maximum absolute atomic E-state index is 12.3. The van der Waals surface area contributed by atoms with Gasteiger partial charge in [0.2, 0.25) is 0 Å². The van der Waals surface area contributed by atoms with Gasteiger partial charge in [0.15, 0.2) is 0 Å². The summed E-state index contributed by atoms with van der Waals surface area (Å²) in [6.07, 6.45) is 7.18. The number of hydrogen-bond acceptors (Lipinski definition) is 5. The average Bonchev–Trinajstić information content (AvgIpc) is 3.14. The van der Waals surface area contributed by atoms with Crippen LogP contribution in [0, 0.1) is 5.92 Å². The quantitative estimate of drug-likeness (QED) is 0.832. The van der Waals surface area contributed by atoms with E-state index < -0.39 is 0 Å². The Bertz CT molecular complexity index is 638. The van der Waals surface area contributed by atoms with Crippen LogP contribution in [0.2, 0.25) is 0 Å². The Labute approximate surface area is 147 Å². The van der Waals surface area contributed by atoms with Crippen LogP contribution in [-0.4, -0.2) is 56.6 Å². The van der Waals surface area contributed by atoms with Crippen LogP contribution in [0.3, 0.4) is 0 Å². The molecule has 8 heteroatoms. The molecule has 1 saturated heterocycles. The number of urea groups is 1. The van der Waals surface area contributed by atoms with Crippen molar-refractivity contribution in [1.82, 2.24) is 30.2 Å². The molecule has 2 aromatic rings. The molecule has 2 aromatic heterocycles. The highest BCUT2D eigenvalue weighted by Gasteiger charge is 2.23. The molecular weight excluding hydrogens is 318 g/mol. The number of carbonyl (C=O) groups is 1. The van der Waals surface area contributed by atoms with Gasteiger partial charge in [0.05, 0.1) is 0 Å². The van der Waals surface area contributed by atoms with Gasteiger partial charge in [-0.25, -0.2) is 4.79 Å². The Kier molecular flexibility index (Phi) is 5.81. The van der Waals surface area contributed by atoms with Crippen LogP contribution < -0.4 is 10.6 Å². The molecule has 2 amide bonds. The van der Waals surface area contributed by atoms with Crippen molar-refractivity contribution in [2.24, 2.45) is 5.92 Å². The summed E-state index contributed by atoms with van der Waals surface area (Å²) in [5, 5.41) is 18.5. The second kappa shape index (κ2) is 8.46. The van der Waals surface area contributed by atoms with E-state index in [1.165, 1.54) is 0 Å². The molecule has 8 nitrogen and oxygen atoms in total. The zero-order valence-electron chi connectivity index (χ0n) is 14.5. The van der Waals surface area contributed by atoms with E-state index in [1.54, 1.807) is 12.4 Å². The Morgan fingerprint density at radius 2 is 2.16 bits per heavy atom. The number of rotatable bonds is 6. The molecule has 3 rings (SSSR count). The number of hydrogen-bond donors (Lipinski definition) is 2. The fourth-order valence-electron chi connectivity index (χ4n) is 2.98. The zero-order valence-corrected chi connectivity index (χ0v) is 14.5. The first-order valence-corrected chi connectivity index (χ1v) is 8.75. The highest BCUT2D eigenvalue weighted by molar-refractivity contribution is 5.74. The Balaban J connectivity index is 1.36. The molecule has 2 N–H and O–H groups in total. The lowest BCUT2D eigenvalue weighted by atomic mass is 10.1. The SMILES string of the molecule is C[C@H](CNC(=O)N1CCC(Nc2cccnn2)CC1)Cn1cccn1. The molecule has 0 unspecified atom stereocenters. The second-order valence-corrected chi connectivity index (χ2v) is 6.53. The molecule has 0 radical (unpaired) electrons. The fraction of sp³-hybridized carbons (Fsp3) is 0.529. The van der Waals surface area contributed by atoms with Crippen molar-refractivity contribution in [3.05, 3.63) is 36.8 Å². The minimum absolute atomic E-state index is 0.0188.